The molecule has 0 bridgehead atoms. The highest BCUT2D eigenvalue weighted by atomic mass is 19.4. The number of aliphatic hydroxyl groups is 2. The summed E-state index contributed by atoms with van der Waals surface area (Å²) in [6.45, 7) is 0. The average Bonchev–Trinajstić information content (AvgIpc) is 2.43. The number of halogens is 18. The molecular formula is C9H2F18O2. The van der Waals surface area contributed by atoms with Crippen molar-refractivity contribution in [2.75, 3.05) is 0 Å². The Morgan fingerprint density at radius 3 is 0.724 bits per heavy atom. The molecule has 2 N–H and O–H groups in total. The van der Waals surface area contributed by atoms with E-state index in [2.05, 4.69) is 0 Å². The van der Waals surface area contributed by atoms with Crippen molar-refractivity contribution < 1.29 is 89.2 Å². The number of rotatable bonds is 7. The van der Waals surface area contributed by atoms with E-state index in [1.807, 2.05) is 0 Å². The van der Waals surface area contributed by atoms with Gasteiger partial charge in [-0.15, -0.1) is 0 Å². The zero-order chi connectivity index (χ0) is 24.5. The van der Waals surface area contributed by atoms with Crippen LogP contribution < -0.4 is 0 Å². The van der Waals surface area contributed by atoms with Gasteiger partial charge in [0.25, 0.3) is 0 Å². The van der Waals surface area contributed by atoms with Gasteiger partial charge >= 0.3 is 53.7 Å². The molecule has 1 atom stereocenters. The predicted molar refractivity (Wildman–Crippen MR) is 49.0 cm³/mol. The molecule has 0 fully saturated rings. The van der Waals surface area contributed by atoms with Crippen molar-refractivity contribution in [3.8, 4) is 0 Å². The SMILES string of the molecule is OC(F)(F)C(O)(F)C(F)(F)C(F)(F)C(F)(F)C(F)(F)C(F)(F)C(F)(F)C(F)(F)F. The highest BCUT2D eigenvalue weighted by molar-refractivity contribution is 5.15. The van der Waals surface area contributed by atoms with Crippen LogP contribution in [0.3, 0.4) is 0 Å². The number of hydrogen-bond donors (Lipinski definition) is 2. The van der Waals surface area contributed by atoms with Crippen molar-refractivity contribution >= 4 is 0 Å². The summed E-state index contributed by atoms with van der Waals surface area (Å²) in [5, 5.41) is 15.3. The second kappa shape index (κ2) is 6.33. The maximum atomic E-state index is 13.0. The highest BCUT2D eigenvalue weighted by Crippen LogP contribution is 2.64. The van der Waals surface area contributed by atoms with E-state index < -0.39 is 53.7 Å². The maximum absolute atomic E-state index is 13.0. The summed E-state index contributed by atoms with van der Waals surface area (Å²) < 4.78 is 227. The Balaban J connectivity index is 6.82. The Kier molecular flexibility index (Phi) is 6.04. The maximum Gasteiger partial charge on any atom is 0.460 e. The fraction of sp³-hybridized carbons (Fsp3) is 1.00. The van der Waals surface area contributed by atoms with Crippen LogP contribution in [0, 0.1) is 0 Å². The molecule has 0 aliphatic rings. The second-order valence-corrected chi connectivity index (χ2v) is 5.11. The molecule has 29 heavy (non-hydrogen) atoms. The summed E-state index contributed by atoms with van der Waals surface area (Å²) >= 11 is 0. The molecule has 0 heterocycles. The molecule has 20 heteroatoms. The first-order chi connectivity index (χ1) is 12.0. The zero-order valence-corrected chi connectivity index (χ0v) is 12.2. The van der Waals surface area contributed by atoms with Crippen molar-refractivity contribution in [2.24, 2.45) is 0 Å². The largest absolute Gasteiger partial charge is 0.460 e. The standard InChI is InChI=1S/C9H2F18O2/c10-1(11,2(12,13)4(16,17)6(20,21)8(23,24)25)3(14,15)5(18,19)7(22,28)9(26,27)29/h28-29H. The van der Waals surface area contributed by atoms with Gasteiger partial charge in [0, 0.05) is 0 Å². The van der Waals surface area contributed by atoms with Crippen LogP contribution >= 0.6 is 0 Å². The lowest BCUT2D eigenvalue weighted by atomic mass is 9.88. The zero-order valence-electron chi connectivity index (χ0n) is 12.2. The molecule has 0 aliphatic heterocycles. The van der Waals surface area contributed by atoms with Crippen LogP contribution in [0.1, 0.15) is 0 Å². The Morgan fingerprint density at radius 1 is 0.310 bits per heavy atom. The lowest BCUT2D eigenvalue weighted by molar-refractivity contribution is -0.488. The molecule has 0 rings (SSSR count). The lowest BCUT2D eigenvalue weighted by Crippen LogP contribution is -2.76. The topological polar surface area (TPSA) is 40.5 Å². The van der Waals surface area contributed by atoms with Crippen molar-refractivity contribution in [2.45, 2.75) is 53.7 Å². The monoisotopic (exact) mass is 484 g/mol. The second-order valence-electron chi connectivity index (χ2n) is 5.11. The van der Waals surface area contributed by atoms with E-state index in [9.17, 15) is 79.0 Å². The van der Waals surface area contributed by atoms with Gasteiger partial charge in [0.2, 0.25) is 0 Å². The molecule has 1 unspecified atom stereocenters. The van der Waals surface area contributed by atoms with Gasteiger partial charge in [-0.2, -0.15) is 79.0 Å². The van der Waals surface area contributed by atoms with Crippen molar-refractivity contribution in [3.63, 3.8) is 0 Å². The van der Waals surface area contributed by atoms with Gasteiger partial charge in [-0.3, -0.25) is 0 Å². The molecule has 0 aromatic rings. The first-order valence-electron chi connectivity index (χ1n) is 5.85. The Bertz CT molecular complexity index is 558. The average molecular weight is 484 g/mol. The third-order valence-corrected chi connectivity index (χ3v) is 3.14. The minimum absolute atomic E-state index is 7.20. The van der Waals surface area contributed by atoms with Crippen molar-refractivity contribution in [1.29, 1.82) is 0 Å². The minimum atomic E-state index is -8.88. The van der Waals surface area contributed by atoms with Crippen LogP contribution in [-0.4, -0.2) is 63.9 Å². The molecule has 2 nitrogen and oxygen atoms in total. The summed E-state index contributed by atoms with van der Waals surface area (Å²) in [6.07, 6.45) is -15.1. The first-order valence-corrected chi connectivity index (χ1v) is 5.85. The fourth-order valence-corrected chi connectivity index (χ4v) is 1.36. The Hall–Kier alpha value is -1.34. The van der Waals surface area contributed by atoms with E-state index >= 15 is 0 Å². The van der Waals surface area contributed by atoms with E-state index in [1.165, 1.54) is 0 Å². The molecule has 0 saturated carbocycles. The molecule has 176 valence electrons. The third kappa shape index (κ3) is 3.25. The van der Waals surface area contributed by atoms with Gasteiger partial charge in [-0.05, 0) is 0 Å². The lowest BCUT2D eigenvalue weighted by Gasteiger charge is -2.43. The normalized spacial score (nSPS) is 18.6. The summed E-state index contributed by atoms with van der Waals surface area (Å²) in [4.78, 5) is 0. The van der Waals surface area contributed by atoms with Crippen LogP contribution in [0.2, 0.25) is 0 Å². The van der Waals surface area contributed by atoms with Gasteiger partial charge in [-0.25, -0.2) is 0 Å². The van der Waals surface area contributed by atoms with Crippen molar-refractivity contribution in [3.05, 3.63) is 0 Å². The van der Waals surface area contributed by atoms with Crippen LogP contribution in [-0.2, 0) is 0 Å². The van der Waals surface area contributed by atoms with Crippen LogP contribution in [0.25, 0.3) is 0 Å². The van der Waals surface area contributed by atoms with Gasteiger partial charge < -0.3 is 10.2 Å². The van der Waals surface area contributed by atoms with Crippen LogP contribution in [0.15, 0.2) is 0 Å². The van der Waals surface area contributed by atoms with Gasteiger partial charge in [-0.1, -0.05) is 0 Å². The Morgan fingerprint density at radius 2 is 0.517 bits per heavy atom. The number of hydrogen-bond acceptors (Lipinski definition) is 2. The van der Waals surface area contributed by atoms with Gasteiger partial charge in [0.05, 0.1) is 0 Å². The van der Waals surface area contributed by atoms with E-state index in [0.717, 1.165) is 0 Å². The third-order valence-electron chi connectivity index (χ3n) is 3.14. The van der Waals surface area contributed by atoms with Crippen LogP contribution in [0.5, 0.6) is 0 Å². The molecule has 0 amide bonds. The quantitative estimate of drug-likeness (QED) is 0.519. The molecular weight excluding hydrogens is 482 g/mol. The molecule has 0 saturated heterocycles. The molecule has 0 aromatic heterocycles. The minimum Gasteiger partial charge on any atom is -0.350 e. The molecule has 0 aromatic carbocycles. The molecule has 0 radical (unpaired) electrons. The molecule has 0 aliphatic carbocycles. The summed E-state index contributed by atoms with van der Waals surface area (Å²) in [5.74, 6) is -59.5. The smallest absolute Gasteiger partial charge is 0.350 e. The fourth-order valence-electron chi connectivity index (χ4n) is 1.36. The predicted octanol–water partition coefficient (Wildman–Crippen LogP) is 4.60. The summed E-state index contributed by atoms with van der Waals surface area (Å²) in [6, 6.07) is 0. The summed E-state index contributed by atoms with van der Waals surface area (Å²) in [7, 11) is 0. The van der Waals surface area contributed by atoms with Gasteiger partial charge in [0.15, 0.2) is 0 Å². The van der Waals surface area contributed by atoms with Gasteiger partial charge in [0.1, 0.15) is 0 Å². The van der Waals surface area contributed by atoms with Crippen LogP contribution in [0.4, 0.5) is 79.0 Å². The van der Waals surface area contributed by atoms with Crippen molar-refractivity contribution in [1.82, 2.24) is 0 Å². The van der Waals surface area contributed by atoms with E-state index in [1.54, 1.807) is 0 Å². The molecule has 0 spiro atoms. The van der Waals surface area contributed by atoms with E-state index in [4.69, 9.17) is 10.2 Å². The van der Waals surface area contributed by atoms with E-state index in [-0.39, 0.29) is 0 Å². The summed E-state index contributed by atoms with van der Waals surface area (Å²) in [5.41, 5.74) is 0. The Labute approximate surface area is 144 Å². The highest BCUT2D eigenvalue weighted by Gasteiger charge is 2.96. The van der Waals surface area contributed by atoms with E-state index in [0.29, 0.717) is 0 Å². The number of alkyl halides is 18. The first kappa shape index (κ1) is 27.7.